The van der Waals surface area contributed by atoms with Gasteiger partial charge < -0.3 is 24.8 Å². The van der Waals surface area contributed by atoms with E-state index in [4.69, 9.17) is 14.2 Å². The first-order valence-corrected chi connectivity index (χ1v) is 12.9. The molecule has 0 fully saturated rings. The van der Waals surface area contributed by atoms with E-state index in [1.54, 1.807) is 55.5 Å². The molecule has 0 saturated carbocycles. The number of hydrogen-bond donors (Lipinski definition) is 3. The van der Waals surface area contributed by atoms with Crippen LogP contribution in [0.5, 0.6) is 11.5 Å². The summed E-state index contributed by atoms with van der Waals surface area (Å²) in [6, 6.07) is 18.6. The van der Waals surface area contributed by atoms with Gasteiger partial charge >= 0.3 is 5.97 Å². The fourth-order valence-electron chi connectivity index (χ4n) is 3.64. The molecule has 3 aromatic rings. The summed E-state index contributed by atoms with van der Waals surface area (Å²) in [5.41, 5.74) is 5.44. The lowest BCUT2D eigenvalue weighted by atomic mass is 10.1. The van der Waals surface area contributed by atoms with Gasteiger partial charge in [0.1, 0.15) is 6.42 Å². The standard InChI is InChI=1S/C30H32N4O7/c1-4-21-8-6-7-9-24(21)33-27(35)17-28(36)34-31-18-20-10-15-25(26(16-20)39-3)41-19-29(37)32-23-13-11-22(12-14-23)30(38)40-5-2/h6-16,18H,4-5,17,19H2,1-3H3,(H,32,37)(H,33,35)(H,34,36). The summed E-state index contributed by atoms with van der Waals surface area (Å²) in [7, 11) is 1.45. The number of amides is 3. The van der Waals surface area contributed by atoms with Gasteiger partial charge in [-0.25, -0.2) is 10.2 Å². The Bertz CT molecular complexity index is 1400. The molecule has 0 bridgehead atoms. The molecular weight excluding hydrogens is 528 g/mol. The predicted octanol–water partition coefficient (Wildman–Crippen LogP) is 3.93. The Morgan fingerprint density at radius 3 is 2.32 bits per heavy atom. The van der Waals surface area contributed by atoms with E-state index >= 15 is 0 Å². The molecule has 0 aliphatic carbocycles. The number of para-hydroxylation sites is 1. The summed E-state index contributed by atoms with van der Waals surface area (Å²) in [6.45, 7) is 3.69. The zero-order valence-corrected chi connectivity index (χ0v) is 23.1. The van der Waals surface area contributed by atoms with Crippen LogP contribution < -0.4 is 25.5 Å². The van der Waals surface area contributed by atoms with Gasteiger partial charge in [0.15, 0.2) is 18.1 Å². The number of nitrogens with zero attached hydrogens (tertiary/aromatic N) is 1. The van der Waals surface area contributed by atoms with Crippen LogP contribution in [0, 0.1) is 0 Å². The Morgan fingerprint density at radius 2 is 1.61 bits per heavy atom. The van der Waals surface area contributed by atoms with Crippen molar-refractivity contribution in [2.45, 2.75) is 26.7 Å². The maximum Gasteiger partial charge on any atom is 0.338 e. The van der Waals surface area contributed by atoms with Gasteiger partial charge in [-0.05, 0) is 73.0 Å². The molecular formula is C30H32N4O7. The van der Waals surface area contributed by atoms with E-state index < -0.39 is 23.7 Å². The van der Waals surface area contributed by atoms with E-state index in [0.29, 0.717) is 34.0 Å². The first-order valence-electron chi connectivity index (χ1n) is 12.9. The molecule has 11 heteroatoms. The average molecular weight is 561 g/mol. The molecule has 3 amide bonds. The molecule has 3 aromatic carbocycles. The van der Waals surface area contributed by atoms with Crippen molar-refractivity contribution in [3.05, 3.63) is 83.4 Å². The first-order chi connectivity index (χ1) is 19.8. The molecule has 11 nitrogen and oxygen atoms in total. The van der Waals surface area contributed by atoms with E-state index in [0.717, 1.165) is 12.0 Å². The summed E-state index contributed by atoms with van der Waals surface area (Å²) in [6.07, 6.45) is 1.76. The molecule has 0 spiro atoms. The Kier molecular flexibility index (Phi) is 11.4. The van der Waals surface area contributed by atoms with Crippen LogP contribution in [0.2, 0.25) is 0 Å². The van der Waals surface area contributed by atoms with Crippen molar-refractivity contribution < 1.29 is 33.4 Å². The number of anilines is 2. The molecule has 3 N–H and O–H groups in total. The highest BCUT2D eigenvalue weighted by molar-refractivity contribution is 6.04. The van der Waals surface area contributed by atoms with Crippen LogP contribution >= 0.6 is 0 Å². The SMILES string of the molecule is CCOC(=O)c1ccc(NC(=O)COc2ccc(C=NNC(=O)CC(=O)Nc3ccccc3CC)cc2OC)cc1. The zero-order chi connectivity index (χ0) is 29.6. The molecule has 3 rings (SSSR count). The number of nitrogens with one attached hydrogen (secondary N) is 3. The van der Waals surface area contributed by atoms with Crippen LogP contribution in [-0.2, 0) is 25.5 Å². The molecule has 0 radical (unpaired) electrons. The van der Waals surface area contributed by atoms with Gasteiger partial charge in [0, 0.05) is 11.4 Å². The van der Waals surface area contributed by atoms with Crippen LogP contribution in [0.4, 0.5) is 11.4 Å². The molecule has 0 aliphatic heterocycles. The van der Waals surface area contributed by atoms with E-state index in [-0.39, 0.29) is 19.6 Å². The number of aryl methyl sites for hydroxylation is 1. The topological polar surface area (TPSA) is 144 Å². The molecule has 0 aromatic heterocycles. The molecule has 0 saturated heterocycles. The van der Waals surface area contributed by atoms with Crippen LogP contribution in [0.1, 0.15) is 41.8 Å². The number of benzene rings is 3. The maximum absolute atomic E-state index is 12.3. The van der Waals surface area contributed by atoms with Gasteiger partial charge in [-0.2, -0.15) is 5.10 Å². The summed E-state index contributed by atoms with van der Waals surface area (Å²) in [4.78, 5) is 48.4. The van der Waals surface area contributed by atoms with Gasteiger partial charge in [0.05, 0.1) is 25.5 Å². The minimum absolute atomic E-state index is 0.276. The smallest absolute Gasteiger partial charge is 0.338 e. The minimum atomic E-state index is -0.568. The molecule has 0 aliphatic rings. The highest BCUT2D eigenvalue weighted by Gasteiger charge is 2.12. The van der Waals surface area contributed by atoms with Crippen LogP contribution in [-0.4, -0.2) is 50.2 Å². The number of carbonyl (C=O) groups is 4. The first kappa shape index (κ1) is 30.4. The highest BCUT2D eigenvalue weighted by atomic mass is 16.5. The van der Waals surface area contributed by atoms with Crippen molar-refractivity contribution in [3.8, 4) is 11.5 Å². The Labute approximate surface area is 237 Å². The van der Waals surface area contributed by atoms with Crippen LogP contribution in [0.15, 0.2) is 71.8 Å². The number of ether oxygens (including phenoxy) is 3. The maximum atomic E-state index is 12.3. The number of hydrazone groups is 1. The second kappa shape index (κ2) is 15.4. The molecule has 214 valence electrons. The van der Waals surface area contributed by atoms with E-state index in [2.05, 4.69) is 21.2 Å². The lowest BCUT2D eigenvalue weighted by Gasteiger charge is -2.12. The monoisotopic (exact) mass is 560 g/mol. The van der Waals surface area contributed by atoms with Gasteiger partial charge in [0.25, 0.3) is 5.91 Å². The van der Waals surface area contributed by atoms with E-state index in [9.17, 15) is 19.2 Å². The Hall–Kier alpha value is -5.19. The van der Waals surface area contributed by atoms with Gasteiger partial charge in [-0.1, -0.05) is 25.1 Å². The van der Waals surface area contributed by atoms with Crippen molar-refractivity contribution >= 4 is 41.3 Å². The number of carbonyl (C=O) groups excluding carboxylic acids is 4. The number of hydrogen-bond acceptors (Lipinski definition) is 8. The summed E-state index contributed by atoms with van der Waals surface area (Å²) in [5.74, 6) is -1.19. The van der Waals surface area contributed by atoms with Crippen LogP contribution in [0.25, 0.3) is 0 Å². The predicted molar refractivity (Wildman–Crippen MR) is 154 cm³/mol. The molecule has 41 heavy (non-hydrogen) atoms. The highest BCUT2D eigenvalue weighted by Crippen LogP contribution is 2.27. The van der Waals surface area contributed by atoms with Crippen molar-refractivity contribution in [3.63, 3.8) is 0 Å². The minimum Gasteiger partial charge on any atom is -0.493 e. The average Bonchev–Trinajstić information content (AvgIpc) is 2.97. The third-order valence-electron chi connectivity index (χ3n) is 5.62. The second-order valence-corrected chi connectivity index (χ2v) is 8.57. The van der Waals surface area contributed by atoms with Crippen molar-refractivity contribution in [2.75, 3.05) is 31.0 Å². The summed E-state index contributed by atoms with van der Waals surface area (Å²) >= 11 is 0. The Morgan fingerprint density at radius 1 is 0.854 bits per heavy atom. The lowest BCUT2D eigenvalue weighted by Crippen LogP contribution is -2.25. The Balaban J connectivity index is 1.48. The number of methoxy groups -OCH3 is 1. The van der Waals surface area contributed by atoms with Gasteiger partial charge in [0.2, 0.25) is 11.8 Å². The zero-order valence-electron chi connectivity index (χ0n) is 23.1. The molecule has 0 atom stereocenters. The molecule has 0 unspecified atom stereocenters. The summed E-state index contributed by atoms with van der Waals surface area (Å²) < 4.78 is 15.9. The number of esters is 1. The quantitative estimate of drug-likeness (QED) is 0.124. The molecule has 0 heterocycles. The van der Waals surface area contributed by atoms with Gasteiger partial charge in [-0.15, -0.1) is 0 Å². The fraction of sp³-hybridized carbons (Fsp3) is 0.233. The van der Waals surface area contributed by atoms with E-state index in [1.165, 1.54) is 13.3 Å². The number of rotatable bonds is 13. The third kappa shape index (κ3) is 9.50. The van der Waals surface area contributed by atoms with E-state index in [1.807, 2.05) is 25.1 Å². The van der Waals surface area contributed by atoms with Crippen molar-refractivity contribution in [1.82, 2.24) is 5.43 Å². The van der Waals surface area contributed by atoms with Gasteiger partial charge in [-0.3, -0.25) is 14.4 Å². The lowest BCUT2D eigenvalue weighted by molar-refractivity contribution is -0.126. The largest absolute Gasteiger partial charge is 0.493 e. The normalized spacial score (nSPS) is 10.5. The summed E-state index contributed by atoms with van der Waals surface area (Å²) in [5, 5.41) is 9.32. The van der Waals surface area contributed by atoms with Crippen LogP contribution in [0.3, 0.4) is 0 Å². The second-order valence-electron chi connectivity index (χ2n) is 8.57. The third-order valence-corrected chi connectivity index (χ3v) is 5.62. The fourth-order valence-corrected chi connectivity index (χ4v) is 3.64. The van der Waals surface area contributed by atoms with Crippen molar-refractivity contribution in [1.29, 1.82) is 0 Å². The van der Waals surface area contributed by atoms with Crippen molar-refractivity contribution in [2.24, 2.45) is 5.10 Å².